The number of benzene rings is 1. The van der Waals surface area contributed by atoms with E-state index in [0.29, 0.717) is 44.7 Å². The van der Waals surface area contributed by atoms with Gasteiger partial charge in [-0.3, -0.25) is 14.4 Å². The molecule has 0 radical (unpaired) electrons. The van der Waals surface area contributed by atoms with Crippen LogP contribution in [0.4, 0.5) is 0 Å². The molecule has 1 aromatic heterocycles. The number of hydrogen-bond donors (Lipinski definition) is 2. The molecule has 2 aliphatic rings. The van der Waals surface area contributed by atoms with E-state index in [0.717, 1.165) is 0 Å². The minimum atomic E-state index is -0.249. The Balaban J connectivity index is 1.43. The molecule has 2 atom stereocenters. The Morgan fingerprint density at radius 2 is 1.69 bits per heavy atom. The molecule has 0 saturated carbocycles. The number of H-pyrrole nitrogens is 1. The molecule has 0 bridgehead atoms. The third-order valence-electron chi connectivity index (χ3n) is 5.87. The van der Waals surface area contributed by atoms with E-state index in [-0.39, 0.29) is 29.7 Å². The van der Waals surface area contributed by atoms with Crippen molar-refractivity contribution in [3.05, 3.63) is 59.4 Å². The molecule has 4 rings (SSSR count). The van der Waals surface area contributed by atoms with Crippen molar-refractivity contribution in [3.63, 3.8) is 0 Å². The number of fused-ring (bicyclic) bond motifs is 1. The monoisotopic (exact) mass is 394 g/mol. The van der Waals surface area contributed by atoms with Gasteiger partial charge in [0.2, 0.25) is 11.8 Å². The van der Waals surface area contributed by atoms with Gasteiger partial charge in [0.05, 0.1) is 5.92 Å². The quantitative estimate of drug-likeness (QED) is 0.834. The van der Waals surface area contributed by atoms with E-state index >= 15 is 0 Å². The maximum Gasteiger partial charge on any atom is 0.267 e. The van der Waals surface area contributed by atoms with Crippen LogP contribution in [0.5, 0.6) is 0 Å². The van der Waals surface area contributed by atoms with Crippen molar-refractivity contribution in [2.75, 3.05) is 13.1 Å². The zero-order chi connectivity index (χ0) is 20.4. The lowest BCUT2D eigenvalue weighted by Gasteiger charge is -2.27. The normalized spacial score (nSPS) is 21.4. The first-order valence-corrected chi connectivity index (χ1v) is 10.1. The summed E-state index contributed by atoms with van der Waals surface area (Å²) in [6.07, 6.45) is 3.01. The first-order chi connectivity index (χ1) is 14.0. The number of rotatable bonds is 3. The van der Waals surface area contributed by atoms with Crippen LogP contribution in [0.25, 0.3) is 0 Å². The number of carbonyl (C=O) groups is 3. The Morgan fingerprint density at radius 3 is 2.31 bits per heavy atom. The molecule has 2 aromatic rings. The van der Waals surface area contributed by atoms with E-state index < -0.39 is 0 Å². The molecular formula is C22H26N4O3. The summed E-state index contributed by atoms with van der Waals surface area (Å²) in [6.45, 7) is 3.58. The van der Waals surface area contributed by atoms with Gasteiger partial charge >= 0.3 is 0 Å². The summed E-state index contributed by atoms with van der Waals surface area (Å²) in [5, 5.41) is 3.00. The fourth-order valence-corrected chi connectivity index (χ4v) is 4.25. The van der Waals surface area contributed by atoms with Crippen LogP contribution >= 0.6 is 0 Å². The van der Waals surface area contributed by atoms with E-state index in [4.69, 9.17) is 0 Å². The summed E-state index contributed by atoms with van der Waals surface area (Å²) in [5.41, 5.74) is 2.87. The molecule has 7 nitrogen and oxygen atoms in total. The van der Waals surface area contributed by atoms with Crippen LogP contribution < -0.4 is 5.32 Å². The van der Waals surface area contributed by atoms with Gasteiger partial charge in [0.25, 0.3) is 5.91 Å². The van der Waals surface area contributed by atoms with Gasteiger partial charge in [-0.15, -0.1) is 0 Å². The minimum absolute atomic E-state index is 0.0754. The molecule has 3 heterocycles. The molecule has 152 valence electrons. The third-order valence-corrected chi connectivity index (χ3v) is 5.87. The Labute approximate surface area is 170 Å². The average Bonchev–Trinajstić information content (AvgIpc) is 3.34. The molecule has 0 aliphatic carbocycles. The fourth-order valence-electron chi connectivity index (χ4n) is 4.25. The van der Waals surface area contributed by atoms with Crippen LogP contribution in [0.15, 0.2) is 42.6 Å². The molecule has 1 fully saturated rings. The predicted molar refractivity (Wildman–Crippen MR) is 108 cm³/mol. The van der Waals surface area contributed by atoms with Gasteiger partial charge in [0.15, 0.2) is 0 Å². The number of nitrogens with one attached hydrogen (secondary N) is 2. The molecular weight excluding hydrogens is 368 g/mol. The van der Waals surface area contributed by atoms with Gasteiger partial charge in [0, 0.05) is 45.3 Å². The van der Waals surface area contributed by atoms with E-state index in [1.54, 1.807) is 23.2 Å². The van der Waals surface area contributed by atoms with Crippen LogP contribution in [0.3, 0.4) is 0 Å². The van der Waals surface area contributed by atoms with Gasteiger partial charge in [-0.2, -0.15) is 0 Å². The summed E-state index contributed by atoms with van der Waals surface area (Å²) in [6, 6.07) is 11.4. The largest absolute Gasteiger partial charge is 0.357 e. The van der Waals surface area contributed by atoms with Crippen LogP contribution in [0.1, 0.15) is 41.4 Å². The van der Waals surface area contributed by atoms with Gasteiger partial charge in [-0.05, 0) is 36.1 Å². The van der Waals surface area contributed by atoms with Gasteiger partial charge in [-0.1, -0.05) is 24.3 Å². The molecule has 3 amide bonds. The second-order valence-corrected chi connectivity index (χ2v) is 7.92. The molecule has 7 heteroatoms. The summed E-state index contributed by atoms with van der Waals surface area (Å²) >= 11 is 0. The molecule has 1 aromatic carbocycles. The van der Waals surface area contributed by atoms with Crippen molar-refractivity contribution in [3.8, 4) is 0 Å². The van der Waals surface area contributed by atoms with Gasteiger partial charge < -0.3 is 20.1 Å². The lowest BCUT2D eigenvalue weighted by atomic mass is 10.00. The van der Waals surface area contributed by atoms with Crippen LogP contribution in [0, 0.1) is 5.92 Å². The lowest BCUT2D eigenvalue weighted by Crippen LogP contribution is -2.45. The second-order valence-electron chi connectivity index (χ2n) is 7.92. The predicted octanol–water partition coefficient (Wildman–Crippen LogP) is 1.91. The molecule has 2 N–H and O–H groups in total. The standard InChI is InChI=1S/C22H26N4O3/c1-15(27)25-13-18(22(29)26-11-16-5-2-3-6-17(16)12-26)8-9-19(14-25)24-21(28)20-7-4-10-23-20/h2-7,10,18-19,23H,8-9,11-14H2,1H3,(H,24,28)/t18-,19+/m1/s1. The highest BCUT2D eigenvalue weighted by atomic mass is 16.2. The SMILES string of the molecule is CC(=O)N1C[C@@H](NC(=O)c2ccc[nH]2)CC[C@@H](C(=O)N2Cc3ccccc3C2)C1. The van der Waals surface area contributed by atoms with E-state index in [1.165, 1.54) is 18.1 Å². The van der Waals surface area contributed by atoms with Crippen molar-refractivity contribution in [1.82, 2.24) is 20.1 Å². The van der Waals surface area contributed by atoms with E-state index in [2.05, 4.69) is 22.4 Å². The highest BCUT2D eigenvalue weighted by Gasteiger charge is 2.34. The van der Waals surface area contributed by atoms with Crippen LogP contribution in [0.2, 0.25) is 0 Å². The fraction of sp³-hybridized carbons (Fsp3) is 0.409. The Morgan fingerprint density at radius 1 is 0.966 bits per heavy atom. The van der Waals surface area contributed by atoms with Crippen molar-refractivity contribution < 1.29 is 14.4 Å². The molecule has 0 unspecified atom stereocenters. The first kappa shape index (κ1) is 19.2. The number of hydrogen-bond acceptors (Lipinski definition) is 3. The summed E-state index contributed by atoms with van der Waals surface area (Å²) in [5.74, 6) is -0.429. The van der Waals surface area contributed by atoms with Gasteiger partial charge in [-0.25, -0.2) is 0 Å². The molecule has 29 heavy (non-hydrogen) atoms. The highest BCUT2D eigenvalue weighted by molar-refractivity contribution is 5.92. The maximum atomic E-state index is 13.2. The lowest BCUT2D eigenvalue weighted by molar-refractivity contribution is -0.138. The van der Waals surface area contributed by atoms with Gasteiger partial charge in [0.1, 0.15) is 5.69 Å². The molecule has 0 spiro atoms. The number of aromatic nitrogens is 1. The smallest absolute Gasteiger partial charge is 0.267 e. The Hall–Kier alpha value is -3.09. The topological polar surface area (TPSA) is 85.5 Å². The minimum Gasteiger partial charge on any atom is -0.357 e. The highest BCUT2D eigenvalue weighted by Crippen LogP contribution is 2.27. The van der Waals surface area contributed by atoms with Crippen molar-refractivity contribution in [2.24, 2.45) is 5.92 Å². The van der Waals surface area contributed by atoms with Crippen LogP contribution in [-0.4, -0.2) is 51.6 Å². The summed E-state index contributed by atoms with van der Waals surface area (Å²) in [4.78, 5) is 44.2. The Bertz CT molecular complexity index is 884. The van der Waals surface area contributed by atoms with E-state index in [1.807, 2.05) is 17.0 Å². The zero-order valence-electron chi connectivity index (χ0n) is 16.6. The van der Waals surface area contributed by atoms with Crippen molar-refractivity contribution in [1.29, 1.82) is 0 Å². The molecule has 1 saturated heterocycles. The van der Waals surface area contributed by atoms with E-state index in [9.17, 15) is 14.4 Å². The molecule has 2 aliphatic heterocycles. The third kappa shape index (κ3) is 4.18. The number of likely N-dealkylation sites (tertiary alicyclic amines) is 1. The van der Waals surface area contributed by atoms with Crippen LogP contribution in [-0.2, 0) is 22.7 Å². The first-order valence-electron chi connectivity index (χ1n) is 10.1. The average molecular weight is 394 g/mol. The second kappa shape index (κ2) is 8.11. The Kier molecular flexibility index (Phi) is 5.38. The number of amides is 3. The van der Waals surface area contributed by atoms with Crippen molar-refractivity contribution in [2.45, 2.75) is 38.9 Å². The summed E-state index contributed by atoms with van der Waals surface area (Å²) in [7, 11) is 0. The van der Waals surface area contributed by atoms with Crippen molar-refractivity contribution >= 4 is 17.7 Å². The number of carbonyl (C=O) groups excluding carboxylic acids is 3. The number of nitrogens with zero attached hydrogens (tertiary/aromatic N) is 2. The zero-order valence-corrected chi connectivity index (χ0v) is 16.6. The maximum absolute atomic E-state index is 13.2. The summed E-state index contributed by atoms with van der Waals surface area (Å²) < 4.78 is 0. The number of aromatic amines is 1.